The summed E-state index contributed by atoms with van der Waals surface area (Å²) in [4.78, 5) is 4.63. The Morgan fingerprint density at radius 1 is 1.05 bits per heavy atom. The lowest BCUT2D eigenvalue weighted by molar-refractivity contribution is 0.922. The van der Waals surface area contributed by atoms with E-state index in [-0.39, 0.29) is 0 Å². The van der Waals surface area contributed by atoms with Gasteiger partial charge in [0, 0.05) is 5.69 Å². The van der Waals surface area contributed by atoms with E-state index in [1.807, 2.05) is 6.07 Å². The van der Waals surface area contributed by atoms with Crippen molar-refractivity contribution in [2.45, 2.75) is 26.3 Å². The van der Waals surface area contributed by atoms with Crippen molar-refractivity contribution in [3.8, 4) is 0 Å². The lowest BCUT2D eigenvalue weighted by Crippen LogP contribution is -1.98. The van der Waals surface area contributed by atoms with Gasteiger partial charge < -0.3 is 5.32 Å². The largest absolute Gasteiger partial charge is 0.379 e. The molecule has 0 bridgehead atoms. The molecular formula is C17H18N2S. The molecule has 3 aromatic rings. The van der Waals surface area contributed by atoms with Gasteiger partial charge in [0.05, 0.1) is 16.8 Å². The monoisotopic (exact) mass is 282 g/mol. The SMILES string of the molecule is CCCc1ccc(NCc2nc3ccccc3s2)cc1. The van der Waals surface area contributed by atoms with Gasteiger partial charge in [-0.25, -0.2) is 4.98 Å². The van der Waals surface area contributed by atoms with Crippen LogP contribution >= 0.6 is 11.3 Å². The third kappa shape index (κ3) is 2.99. The summed E-state index contributed by atoms with van der Waals surface area (Å²) >= 11 is 1.75. The number of aryl methyl sites for hydroxylation is 1. The molecule has 102 valence electrons. The standard InChI is InChI=1S/C17H18N2S/c1-2-5-13-8-10-14(11-9-13)18-12-17-19-15-6-3-4-7-16(15)20-17/h3-4,6-11,18H,2,5,12H2,1H3. The first-order chi connectivity index (χ1) is 9.85. The van der Waals surface area contributed by atoms with Crippen LogP contribution in [0.2, 0.25) is 0 Å². The zero-order chi connectivity index (χ0) is 13.8. The first-order valence-electron chi connectivity index (χ1n) is 7.02. The van der Waals surface area contributed by atoms with Crippen LogP contribution in [0.1, 0.15) is 23.9 Å². The van der Waals surface area contributed by atoms with Crippen molar-refractivity contribution < 1.29 is 0 Å². The van der Waals surface area contributed by atoms with E-state index in [0.717, 1.165) is 29.2 Å². The number of anilines is 1. The van der Waals surface area contributed by atoms with E-state index >= 15 is 0 Å². The van der Waals surface area contributed by atoms with Crippen LogP contribution < -0.4 is 5.32 Å². The molecule has 1 aromatic heterocycles. The van der Waals surface area contributed by atoms with E-state index in [1.54, 1.807) is 11.3 Å². The number of nitrogens with zero attached hydrogens (tertiary/aromatic N) is 1. The number of rotatable bonds is 5. The molecule has 0 unspecified atom stereocenters. The molecule has 0 fully saturated rings. The van der Waals surface area contributed by atoms with Crippen molar-refractivity contribution in [3.05, 3.63) is 59.1 Å². The van der Waals surface area contributed by atoms with Gasteiger partial charge in [0.1, 0.15) is 5.01 Å². The Morgan fingerprint density at radius 2 is 1.85 bits per heavy atom. The number of para-hydroxylation sites is 1. The second kappa shape index (κ2) is 6.06. The van der Waals surface area contributed by atoms with Gasteiger partial charge in [-0.1, -0.05) is 37.6 Å². The Morgan fingerprint density at radius 3 is 2.60 bits per heavy atom. The Bertz CT molecular complexity index is 653. The van der Waals surface area contributed by atoms with E-state index in [4.69, 9.17) is 0 Å². The lowest BCUT2D eigenvalue weighted by atomic mass is 10.1. The molecule has 2 nitrogen and oxygen atoms in total. The van der Waals surface area contributed by atoms with E-state index < -0.39 is 0 Å². The van der Waals surface area contributed by atoms with Crippen molar-refractivity contribution in [2.24, 2.45) is 0 Å². The third-order valence-corrected chi connectivity index (χ3v) is 4.31. The maximum atomic E-state index is 4.63. The van der Waals surface area contributed by atoms with Crippen molar-refractivity contribution >= 4 is 27.2 Å². The highest BCUT2D eigenvalue weighted by Gasteiger charge is 2.02. The molecule has 3 rings (SSSR count). The Labute approximate surface area is 123 Å². The molecule has 2 aromatic carbocycles. The van der Waals surface area contributed by atoms with E-state index in [9.17, 15) is 0 Å². The maximum absolute atomic E-state index is 4.63. The van der Waals surface area contributed by atoms with Gasteiger partial charge in [-0.05, 0) is 36.2 Å². The summed E-state index contributed by atoms with van der Waals surface area (Å²) in [6.45, 7) is 2.99. The number of thiazole rings is 1. The highest BCUT2D eigenvalue weighted by atomic mass is 32.1. The number of hydrogen-bond donors (Lipinski definition) is 1. The summed E-state index contributed by atoms with van der Waals surface area (Å²) in [6, 6.07) is 17.0. The van der Waals surface area contributed by atoms with Gasteiger partial charge in [0.25, 0.3) is 0 Å². The summed E-state index contributed by atoms with van der Waals surface area (Å²) < 4.78 is 1.25. The molecule has 20 heavy (non-hydrogen) atoms. The normalized spacial score (nSPS) is 10.8. The molecule has 0 aliphatic carbocycles. The molecule has 0 saturated carbocycles. The summed E-state index contributed by atoms with van der Waals surface area (Å²) in [5, 5.41) is 4.57. The van der Waals surface area contributed by atoms with Crippen LogP contribution in [0.3, 0.4) is 0 Å². The van der Waals surface area contributed by atoms with Crippen LogP contribution in [0.5, 0.6) is 0 Å². The average molecular weight is 282 g/mol. The van der Waals surface area contributed by atoms with Gasteiger partial charge in [0.15, 0.2) is 0 Å². The van der Waals surface area contributed by atoms with E-state index in [0.29, 0.717) is 0 Å². The fraction of sp³-hybridized carbons (Fsp3) is 0.235. The molecule has 0 aliphatic heterocycles. The minimum Gasteiger partial charge on any atom is -0.379 e. The average Bonchev–Trinajstić information content (AvgIpc) is 2.90. The predicted molar refractivity (Wildman–Crippen MR) is 87.4 cm³/mol. The number of nitrogens with one attached hydrogen (secondary N) is 1. The van der Waals surface area contributed by atoms with E-state index in [2.05, 4.69) is 59.7 Å². The van der Waals surface area contributed by atoms with Crippen molar-refractivity contribution in [2.75, 3.05) is 5.32 Å². The smallest absolute Gasteiger partial charge is 0.113 e. The molecule has 0 saturated heterocycles. The zero-order valence-electron chi connectivity index (χ0n) is 11.6. The molecule has 1 heterocycles. The molecular weight excluding hydrogens is 264 g/mol. The molecule has 0 amide bonds. The molecule has 3 heteroatoms. The summed E-state index contributed by atoms with van der Waals surface area (Å²) in [6.07, 6.45) is 2.34. The highest BCUT2D eigenvalue weighted by Crippen LogP contribution is 2.22. The molecule has 0 aliphatic rings. The molecule has 1 N–H and O–H groups in total. The van der Waals surface area contributed by atoms with Crippen LogP contribution in [-0.4, -0.2) is 4.98 Å². The molecule has 0 radical (unpaired) electrons. The van der Waals surface area contributed by atoms with Crippen LogP contribution in [-0.2, 0) is 13.0 Å². The van der Waals surface area contributed by atoms with Crippen LogP contribution in [0.4, 0.5) is 5.69 Å². The van der Waals surface area contributed by atoms with E-state index in [1.165, 1.54) is 16.7 Å². The fourth-order valence-corrected chi connectivity index (χ4v) is 3.16. The molecule has 0 atom stereocenters. The van der Waals surface area contributed by atoms with Crippen molar-refractivity contribution in [1.82, 2.24) is 4.98 Å². The van der Waals surface area contributed by atoms with Crippen LogP contribution in [0.15, 0.2) is 48.5 Å². The number of aromatic nitrogens is 1. The second-order valence-corrected chi connectivity index (χ2v) is 5.99. The van der Waals surface area contributed by atoms with Gasteiger partial charge in [-0.15, -0.1) is 11.3 Å². The van der Waals surface area contributed by atoms with Gasteiger partial charge in [0.2, 0.25) is 0 Å². The van der Waals surface area contributed by atoms with Gasteiger partial charge in [-0.3, -0.25) is 0 Å². The number of benzene rings is 2. The number of hydrogen-bond acceptors (Lipinski definition) is 3. The van der Waals surface area contributed by atoms with Gasteiger partial charge in [-0.2, -0.15) is 0 Å². The molecule has 0 spiro atoms. The topological polar surface area (TPSA) is 24.9 Å². The van der Waals surface area contributed by atoms with Gasteiger partial charge >= 0.3 is 0 Å². The minimum absolute atomic E-state index is 0.784. The maximum Gasteiger partial charge on any atom is 0.113 e. The quantitative estimate of drug-likeness (QED) is 0.722. The van der Waals surface area contributed by atoms with Crippen LogP contribution in [0, 0.1) is 0 Å². The lowest BCUT2D eigenvalue weighted by Gasteiger charge is -2.05. The van der Waals surface area contributed by atoms with Crippen molar-refractivity contribution in [3.63, 3.8) is 0 Å². The number of fused-ring (bicyclic) bond motifs is 1. The summed E-state index contributed by atoms with van der Waals surface area (Å²) in [7, 11) is 0. The highest BCUT2D eigenvalue weighted by molar-refractivity contribution is 7.18. The third-order valence-electron chi connectivity index (χ3n) is 3.27. The Hall–Kier alpha value is -1.87. The first-order valence-corrected chi connectivity index (χ1v) is 7.84. The zero-order valence-corrected chi connectivity index (χ0v) is 12.4. The Balaban J connectivity index is 1.66. The fourth-order valence-electron chi connectivity index (χ4n) is 2.25. The summed E-state index contributed by atoms with van der Waals surface area (Å²) in [5.41, 5.74) is 3.65. The van der Waals surface area contributed by atoms with Crippen molar-refractivity contribution in [1.29, 1.82) is 0 Å². The predicted octanol–water partition coefficient (Wildman–Crippen LogP) is 4.86. The minimum atomic E-state index is 0.784. The van der Waals surface area contributed by atoms with Crippen LogP contribution in [0.25, 0.3) is 10.2 Å². The summed E-state index contributed by atoms with van der Waals surface area (Å²) in [5.74, 6) is 0. The Kier molecular flexibility index (Phi) is 3.97. The first kappa shape index (κ1) is 13.1. The second-order valence-electron chi connectivity index (χ2n) is 4.88.